The Morgan fingerprint density at radius 1 is 1.22 bits per heavy atom. The van der Waals surface area contributed by atoms with Crippen molar-refractivity contribution in [3.05, 3.63) is 65.3 Å². The molecule has 0 aliphatic carbocycles. The fraction of sp³-hybridized carbons (Fsp3) is 0.158. The molecule has 1 aromatic heterocycles. The van der Waals surface area contributed by atoms with Crippen LogP contribution in [0.1, 0.15) is 24.4 Å². The Labute approximate surface area is 139 Å². The number of aromatic nitrogens is 1. The first-order valence-electron chi connectivity index (χ1n) is 7.60. The van der Waals surface area contributed by atoms with E-state index in [4.69, 9.17) is 0 Å². The molecule has 3 rings (SSSR count). The van der Waals surface area contributed by atoms with Crippen LogP contribution in [-0.4, -0.2) is 10.9 Å². The topological polar surface area (TPSA) is 33.2 Å². The van der Waals surface area contributed by atoms with Crippen LogP contribution in [0.5, 0.6) is 0 Å². The summed E-state index contributed by atoms with van der Waals surface area (Å²) in [6, 6.07) is 16.0. The second-order valence-corrected chi connectivity index (χ2v) is 6.31. The van der Waals surface area contributed by atoms with E-state index < -0.39 is 0 Å². The third-order valence-electron chi connectivity index (χ3n) is 3.62. The maximum atomic E-state index is 11.9. The number of amides is 1. The molecule has 3 aromatic rings. The van der Waals surface area contributed by atoms with E-state index in [1.54, 1.807) is 29.4 Å². The minimum absolute atomic E-state index is 0.0261. The minimum atomic E-state index is -0.0261. The van der Waals surface area contributed by atoms with Crippen molar-refractivity contribution in [1.29, 1.82) is 0 Å². The van der Waals surface area contributed by atoms with E-state index in [0.29, 0.717) is 0 Å². The summed E-state index contributed by atoms with van der Waals surface area (Å²) in [6.45, 7) is 3.71. The van der Waals surface area contributed by atoms with E-state index in [0.717, 1.165) is 22.6 Å². The minimum Gasteiger partial charge on any atom is -0.288 e. The molecule has 0 saturated heterocycles. The Morgan fingerprint density at radius 2 is 2.00 bits per heavy atom. The predicted octanol–water partition coefficient (Wildman–Crippen LogP) is 4.88. The molecule has 0 fully saturated rings. The van der Waals surface area contributed by atoms with Crippen molar-refractivity contribution < 1.29 is 4.79 Å². The van der Waals surface area contributed by atoms with Gasteiger partial charge in [-0.15, -0.1) is 11.3 Å². The normalized spacial score (nSPS) is 11.2. The van der Waals surface area contributed by atoms with Crippen LogP contribution in [0.4, 0.5) is 5.69 Å². The summed E-state index contributed by atoms with van der Waals surface area (Å²) in [5.41, 5.74) is 3.16. The van der Waals surface area contributed by atoms with Gasteiger partial charge in [0.15, 0.2) is 0 Å². The first-order chi connectivity index (χ1) is 11.2. The molecule has 0 spiro atoms. The summed E-state index contributed by atoms with van der Waals surface area (Å²) in [6.07, 6.45) is 4.70. The molecule has 1 amide bonds. The lowest BCUT2D eigenvalue weighted by atomic mass is 10.2. The Morgan fingerprint density at radius 3 is 2.70 bits per heavy atom. The number of rotatable bonds is 4. The first-order valence-corrected chi connectivity index (χ1v) is 8.41. The van der Waals surface area contributed by atoms with Gasteiger partial charge in [0, 0.05) is 18.8 Å². The lowest BCUT2D eigenvalue weighted by molar-refractivity contribution is -0.115. The van der Waals surface area contributed by atoms with Gasteiger partial charge in [0.1, 0.15) is 5.01 Å². The van der Waals surface area contributed by atoms with E-state index in [9.17, 15) is 4.79 Å². The van der Waals surface area contributed by atoms with Crippen LogP contribution in [0.25, 0.3) is 16.3 Å². The molecule has 0 radical (unpaired) electrons. The Kier molecular flexibility index (Phi) is 4.53. The number of fused-ring (bicyclic) bond motifs is 1. The Balaban J connectivity index is 1.89. The molecule has 23 heavy (non-hydrogen) atoms. The summed E-state index contributed by atoms with van der Waals surface area (Å²) in [5, 5.41) is 0.899. The van der Waals surface area contributed by atoms with Crippen LogP contribution >= 0.6 is 11.3 Å². The van der Waals surface area contributed by atoms with Crippen molar-refractivity contribution in [1.82, 2.24) is 4.98 Å². The molecular weight excluding hydrogens is 304 g/mol. The third-order valence-corrected chi connectivity index (χ3v) is 4.60. The lowest BCUT2D eigenvalue weighted by Gasteiger charge is -2.15. The van der Waals surface area contributed by atoms with Gasteiger partial charge in [0.2, 0.25) is 5.91 Å². The zero-order chi connectivity index (χ0) is 16.2. The first kappa shape index (κ1) is 15.4. The summed E-state index contributed by atoms with van der Waals surface area (Å²) >= 11 is 1.64. The fourth-order valence-corrected chi connectivity index (χ4v) is 3.30. The molecule has 0 aliphatic heterocycles. The number of hydrogen-bond donors (Lipinski definition) is 0. The summed E-state index contributed by atoms with van der Waals surface area (Å²) in [4.78, 5) is 18.1. The standard InChI is InChI=1S/C19H18N2OS/c1-3-15-9-10-17-18(13-15)23-19(20-17)11-12-21(14(2)22)16-7-5-4-6-8-16/h4-13H,3H2,1-2H3/b12-11+. The average molecular weight is 322 g/mol. The van der Waals surface area contributed by atoms with Crippen LogP contribution in [0.15, 0.2) is 54.7 Å². The average Bonchev–Trinajstić information content (AvgIpc) is 2.97. The number of nitrogens with zero attached hydrogens (tertiary/aromatic N) is 2. The highest BCUT2D eigenvalue weighted by Gasteiger charge is 2.08. The van der Waals surface area contributed by atoms with E-state index in [-0.39, 0.29) is 5.91 Å². The van der Waals surface area contributed by atoms with Gasteiger partial charge < -0.3 is 0 Å². The van der Waals surface area contributed by atoms with Gasteiger partial charge in [-0.2, -0.15) is 0 Å². The predicted molar refractivity (Wildman–Crippen MR) is 97.6 cm³/mol. The lowest BCUT2D eigenvalue weighted by Crippen LogP contribution is -2.21. The molecule has 1 heterocycles. The fourth-order valence-electron chi connectivity index (χ4n) is 2.38. The number of para-hydroxylation sites is 1. The van der Waals surface area contributed by atoms with Gasteiger partial charge >= 0.3 is 0 Å². The number of carbonyl (C=O) groups is 1. The Hall–Kier alpha value is -2.46. The van der Waals surface area contributed by atoms with Crippen LogP contribution in [0.3, 0.4) is 0 Å². The SMILES string of the molecule is CCc1ccc2nc(/C=C/N(C(C)=O)c3ccccc3)sc2c1. The summed E-state index contributed by atoms with van der Waals surface area (Å²) in [7, 11) is 0. The maximum Gasteiger partial charge on any atom is 0.227 e. The second kappa shape index (κ2) is 6.75. The van der Waals surface area contributed by atoms with Gasteiger partial charge in [-0.05, 0) is 42.3 Å². The highest BCUT2D eigenvalue weighted by molar-refractivity contribution is 7.19. The molecule has 0 N–H and O–H groups in total. The maximum absolute atomic E-state index is 11.9. The number of thiazole rings is 1. The van der Waals surface area contributed by atoms with Gasteiger partial charge in [0.25, 0.3) is 0 Å². The summed E-state index contributed by atoms with van der Waals surface area (Å²) < 4.78 is 1.18. The molecule has 0 aliphatic rings. The largest absolute Gasteiger partial charge is 0.288 e. The summed E-state index contributed by atoms with van der Waals surface area (Å²) in [5.74, 6) is -0.0261. The number of carbonyl (C=O) groups excluding carboxylic acids is 1. The van der Waals surface area contributed by atoms with Crippen molar-refractivity contribution >= 4 is 39.2 Å². The molecular formula is C19H18N2OS. The van der Waals surface area contributed by atoms with Gasteiger partial charge in [-0.1, -0.05) is 31.2 Å². The molecule has 0 atom stereocenters. The van der Waals surface area contributed by atoms with Gasteiger partial charge in [-0.3, -0.25) is 9.69 Å². The highest BCUT2D eigenvalue weighted by Crippen LogP contribution is 2.25. The van der Waals surface area contributed by atoms with Crippen molar-refractivity contribution in [2.24, 2.45) is 0 Å². The van der Waals surface area contributed by atoms with Crippen LogP contribution in [0, 0.1) is 0 Å². The van der Waals surface area contributed by atoms with E-state index in [1.165, 1.54) is 10.3 Å². The number of benzene rings is 2. The van der Waals surface area contributed by atoms with Crippen LogP contribution < -0.4 is 4.90 Å². The molecule has 0 unspecified atom stereocenters. The third kappa shape index (κ3) is 3.48. The van der Waals surface area contributed by atoms with Crippen molar-refractivity contribution in [3.63, 3.8) is 0 Å². The van der Waals surface area contributed by atoms with Gasteiger partial charge in [0.05, 0.1) is 10.2 Å². The van der Waals surface area contributed by atoms with Crippen molar-refractivity contribution in [3.8, 4) is 0 Å². The molecule has 0 bridgehead atoms. The van der Waals surface area contributed by atoms with E-state index in [1.807, 2.05) is 36.4 Å². The van der Waals surface area contributed by atoms with E-state index >= 15 is 0 Å². The van der Waals surface area contributed by atoms with Crippen LogP contribution in [-0.2, 0) is 11.2 Å². The van der Waals surface area contributed by atoms with E-state index in [2.05, 4.69) is 30.1 Å². The van der Waals surface area contributed by atoms with Crippen LogP contribution in [0.2, 0.25) is 0 Å². The van der Waals surface area contributed by atoms with Crippen molar-refractivity contribution in [2.45, 2.75) is 20.3 Å². The smallest absolute Gasteiger partial charge is 0.227 e. The Bertz CT molecular complexity index is 852. The van der Waals surface area contributed by atoms with Gasteiger partial charge in [-0.25, -0.2) is 4.98 Å². The molecule has 4 heteroatoms. The number of aryl methyl sites for hydroxylation is 1. The number of anilines is 1. The number of hydrogen-bond acceptors (Lipinski definition) is 3. The zero-order valence-electron chi connectivity index (χ0n) is 13.2. The monoisotopic (exact) mass is 322 g/mol. The molecule has 3 nitrogen and oxygen atoms in total. The second-order valence-electron chi connectivity index (χ2n) is 5.25. The zero-order valence-corrected chi connectivity index (χ0v) is 14.0. The quantitative estimate of drug-likeness (QED) is 0.685. The highest BCUT2D eigenvalue weighted by atomic mass is 32.1. The molecule has 2 aromatic carbocycles. The molecule has 116 valence electrons. The molecule has 0 saturated carbocycles. The van der Waals surface area contributed by atoms with Crippen molar-refractivity contribution in [2.75, 3.05) is 4.90 Å².